The Morgan fingerprint density at radius 1 is 1.12 bits per heavy atom. The molecule has 0 amide bonds. The molecule has 4 nitrogen and oxygen atoms in total. The van der Waals surface area contributed by atoms with Crippen molar-refractivity contribution in [2.75, 3.05) is 26.3 Å². The molecule has 0 aromatic heterocycles. The van der Waals surface area contributed by atoms with E-state index in [2.05, 4.69) is 11.0 Å². The summed E-state index contributed by atoms with van der Waals surface area (Å²) in [6, 6.07) is 13.9. The Labute approximate surface area is 158 Å². The van der Waals surface area contributed by atoms with Gasteiger partial charge in [0.05, 0.1) is 19.3 Å². The predicted molar refractivity (Wildman–Crippen MR) is 101 cm³/mol. The monoisotopic (exact) mass is 371 g/mol. The summed E-state index contributed by atoms with van der Waals surface area (Å²) in [6.45, 7) is 6.26. The number of hydrogen-bond donors (Lipinski definition) is 0. The van der Waals surface area contributed by atoms with Gasteiger partial charge in [-0.2, -0.15) is 0 Å². The van der Waals surface area contributed by atoms with Crippen molar-refractivity contribution in [1.82, 2.24) is 4.90 Å². The average molecular weight is 372 g/mol. The maximum Gasteiger partial charge on any atom is 0.336 e. The first-order chi connectivity index (χ1) is 12.5. The van der Waals surface area contributed by atoms with Crippen molar-refractivity contribution in [3.63, 3.8) is 0 Å². The lowest BCUT2D eigenvalue weighted by Crippen LogP contribution is -2.56. The summed E-state index contributed by atoms with van der Waals surface area (Å²) in [4.78, 5) is 15.7. The number of fused-ring (bicyclic) bond motifs is 3. The Morgan fingerprint density at radius 3 is 2.54 bits per heavy atom. The van der Waals surface area contributed by atoms with Gasteiger partial charge in [0, 0.05) is 18.1 Å². The van der Waals surface area contributed by atoms with Gasteiger partial charge in [-0.15, -0.1) is 0 Å². The fraction of sp³-hybridized carbons (Fsp3) is 0.381. The molecule has 2 aromatic rings. The molecule has 1 aliphatic carbocycles. The molecule has 2 aromatic carbocycles. The fourth-order valence-corrected chi connectivity index (χ4v) is 4.29. The third-order valence-electron chi connectivity index (χ3n) is 5.10. The first kappa shape index (κ1) is 17.5. The minimum atomic E-state index is -0.981. The third-order valence-corrected chi connectivity index (χ3v) is 5.34. The minimum Gasteiger partial charge on any atom is -0.461 e. The van der Waals surface area contributed by atoms with E-state index in [9.17, 15) is 4.79 Å². The van der Waals surface area contributed by atoms with E-state index < -0.39 is 5.54 Å². The van der Waals surface area contributed by atoms with E-state index in [0.717, 1.165) is 22.3 Å². The van der Waals surface area contributed by atoms with Crippen molar-refractivity contribution >= 4 is 17.6 Å². The Kier molecular flexibility index (Phi) is 4.51. The lowest BCUT2D eigenvalue weighted by Gasteiger charge is -2.42. The molecule has 0 spiro atoms. The van der Waals surface area contributed by atoms with Gasteiger partial charge in [0.25, 0.3) is 0 Å². The van der Waals surface area contributed by atoms with E-state index in [4.69, 9.17) is 21.1 Å². The van der Waals surface area contributed by atoms with Crippen LogP contribution in [0.2, 0.25) is 5.02 Å². The maximum absolute atomic E-state index is 13.6. The number of morpholine rings is 1. The highest BCUT2D eigenvalue weighted by atomic mass is 35.5. The lowest BCUT2D eigenvalue weighted by molar-refractivity contribution is -0.162. The zero-order chi connectivity index (χ0) is 18.3. The fourth-order valence-electron chi connectivity index (χ4n) is 4.12. The number of nitrogens with zero attached hydrogens (tertiary/aromatic N) is 1. The van der Waals surface area contributed by atoms with Gasteiger partial charge in [0.15, 0.2) is 5.54 Å². The van der Waals surface area contributed by atoms with Crippen molar-refractivity contribution in [2.45, 2.75) is 25.5 Å². The number of hydrogen-bond acceptors (Lipinski definition) is 4. The molecule has 1 fully saturated rings. The molecular weight excluding hydrogens is 350 g/mol. The van der Waals surface area contributed by atoms with Gasteiger partial charge in [0.1, 0.15) is 0 Å². The van der Waals surface area contributed by atoms with Crippen LogP contribution in [0.1, 0.15) is 25.0 Å². The summed E-state index contributed by atoms with van der Waals surface area (Å²) in [6.07, 6.45) is -0.198. The second-order valence-corrected chi connectivity index (χ2v) is 7.44. The number of carbonyl (C=O) groups excluding carboxylic acids is 1. The zero-order valence-corrected chi connectivity index (χ0v) is 15.8. The number of esters is 1. The Bertz CT molecular complexity index is 845. The highest BCUT2D eigenvalue weighted by Crippen LogP contribution is 2.52. The molecule has 26 heavy (non-hydrogen) atoms. The van der Waals surface area contributed by atoms with Crippen molar-refractivity contribution in [3.05, 3.63) is 58.6 Å². The van der Waals surface area contributed by atoms with Gasteiger partial charge in [-0.1, -0.05) is 41.9 Å². The van der Waals surface area contributed by atoms with Gasteiger partial charge in [-0.25, -0.2) is 4.79 Å². The number of rotatable bonds is 3. The molecule has 136 valence electrons. The molecule has 1 atom stereocenters. The summed E-state index contributed by atoms with van der Waals surface area (Å²) in [5.74, 6) is -0.247. The molecule has 0 bridgehead atoms. The standard InChI is InChI=1S/C21H22ClNO3/c1-14(2)26-20(24)21(23-9-11-25-12-10-23)18-6-4-3-5-16(18)17-8-7-15(22)13-19(17)21/h3-8,13-14H,9-12H2,1-2H3/t21-/m1/s1. The smallest absolute Gasteiger partial charge is 0.336 e. The highest BCUT2D eigenvalue weighted by molar-refractivity contribution is 6.30. The van der Waals surface area contributed by atoms with Crippen LogP contribution in [0.3, 0.4) is 0 Å². The van der Waals surface area contributed by atoms with Crippen LogP contribution in [0.25, 0.3) is 11.1 Å². The van der Waals surface area contributed by atoms with Crippen molar-refractivity contribution in [1.29, 1.82) is 0 Å². The van der Waals surface area contributed by atoms with Gasteiger partial charge in [0.2, 0.25) is 0 Å². The summed E-state index contributed by atoms with van der Waals surface area (Å²) in [7, 11) is 0. The van der Waals surface area contributed by atoms with Crippen LogP contribution in [-0.2, 0) is 19.8 Å². The molecule has 5 heteroatoms. The van der Waals surface area contributed by atoms with Crippen LogP contribution in [0.4, 0.5) is 0 Å². The SMILES string of the molecule is CC(C)OC(=O)[C@@]1(N2CCOCC2)c2ccccc2-c2ccc(Cl)cc21. The zero-order valence-electron chi connectivity index (χ0n) is 15.0. The first-order valence-electron chi connectivity index (χ1n) is 8.99. The largest absolute Gasteiger partial charge is 0.461 e. The molecule has 0 N–H and O–H groups in total. The third kappa shape index (κ3) is 2.56. The van der Waals surface area contributed by atoms with Crippen molar-refractivity contribution in [2.24, 2.45) is 0 Å². The molecular formula is C21H22ClNO3. The molecule has 0 unspecified atom stereocenters. The van der Waals surface area contributed by atoms with Gasteiger partial charge < -0.3 is 9.47 Å². The van der Waals surface area contributed by atoms with E-state index >= 15 is 0 Å². The van der Waals surface area contributed by atoms with Crippen LogP contribution in [0.5, 0.6) is 0 Å². The van der Waals surface area contributed by atoms with E-state index in [1.165, 1.54) is 0 Å². The van der Waals surface area contributed by atoms with E-state index in [0.29, 0.717) is 31.3 Å². The van der Waals surface area contributed by atoms with Crippen LogP contribution in [-0.4, -0.2) is 43.3 Å². The molecule has 1 saturated heterocycles. The maximum atomic E-state index is 13.6. The van der Waals surface area contributed by atoms with Crippen LogP contribution >= 0.6 is 11.6 Å². The highest BCUT2D eigenvalue weighted by Gasteiger charge is 2.55. The number of ether oxygens (including phenoxy) is 2. The second kappa shape index (κ2) is 6.69. The van der Waals surface area contributed by atoms with Gasteiger partial charge in [-0.05, 0) is 48.2 Å². The normalized spacial score (nSPS) is 22.2. The molecule has 0 saturated carbocycles. The minimum absolute atomic E-state index is 0.198. The van der Waals surface area contributed by atoms with E-state index in [-0.39, 0.29) is 12.1 Å². The predicted octanol–water partition coefficient (Wildman–Crippen LogP) is 3.85. The summed E-state index contributed by atoms with van der Waals surface area (Å²) in [5.41, 5.74) is 2.98. The lowest BCUT2D eigenvalue weighted by atomic mass is 9.85. The van der Waals surface area contributed by atoms with Gasteiger partial charge >= 0.3 is 5.97 Å². The second-order valence-electron chi connectivity index (χ2n) is 7.00. The molecule has 1 heterocycles. The summed E-state index contributed by atoms with van der Waals surface area (Å²) < 4.78 is 11.3. The van der Waals surface area contributed by atoms with Gasteiger partial charge in [-0.3, -0.25) is 4.90 Å². The van der Waals surface area contributed by atoms with Crippen molar-refractivity contribution < 1.29 is 14.3 Å². The molecule has 1 aliphatic heterocycles. The Morgan fingerprint density at radius 2 is 1.81 bits per heavy atom. The molecule has 4 rings (SSSR count). The van der Waals surface area contributed by atoms with Crippen LogP contribution in [0, 0.1) is 0 Å². The van der Waals surface area contributed by atoms with E-state index in [1.54, 1.807) is 0 Å². The number of benzene rings is 2. The van der Waals surface area contributed by atoms with E-state index in [1.807, 2.05) is 50.2 Å². The quantitative estimate of drug-likeness (QED) is 0.768. The molecule has 0 radical (unpaired) electrons. The Hall–Kier alpha value is -1.88. The van der Waals surface area contributed by atoms with Crippen molar-refractivity contribution in [3.8, 4) is 11.1 Å². The van der Waals surface area contributed by atoms with Crippen LogP contribution in [0.15, 0.2) is 42.5 Å². The Balaban J connectivity index is 2.00. The van der Waals surface area contributed by atoms with Crippen LogP contribution < -0.4 is 0 Å². The number of carbonyl (C=O) groups is 1. The molecule has 2 aliphatic rings. The average Bonchev–Trinajstić information content (AvgIpc) is 2.92. The summed E-state index contributed by atoms with van der Waals surface area (Å²) in [5, 5.41) is 0.617. The topological polar surface area (TPSA) is 38.8 Å². The summed E-state index contributed by atoms with van der Waals surface area (Å²) >= 11 is 6.35. The first-order valence-corrected chi connectivity index (χ1v) is 9.36. The number of halogens is 1.